The number of nitrogens with two attached hydrogens (primary N) is 1. The van der Waals surface area contributed by atoms with E-state index in [0.717, 1.165) is 22.5 Å². The van der Waals surface area contributed by atoms with Crippen LogP contribution in [0.4, 0.5) is 5.82 Å². The van der Waals surface area contributed by atoms with E-state index >= 15 is 0 Å². The van der Waals surface area contributed by atoms with Crippen LogP contribution < -0.4 is 5.73 Å². The fourth-order valence-electron chi connectivity index (χ4n) is 2.70. The molecule has 0 amide bonds. The van der Waals surface area contributed by atoms with Crippen molar-refractivity contribution >= 4 is 27.4 Å². The summed E-state index contributed by atoms with van der Waals surface area (Å²) >= 11 is 1.83. The summed E-state index contributed by atoms with van der Waals surface area (Å²) in [6.07, 6.45) is 6.00. The Balaban J connectivity index is 2.00. The number of aryl methyl sites for hydroxylation is 2. The van der Waals surface area contributed by atoms with Crippen molar-refractivity contribution in [2.75, 3.05) is 5.73 Å². The first kappa shape index (κ1) is 9.83. The van der Waals surface area contributed by atoms with Crippen LogP contribution in [0.2, 0.25) is 0 Å². The Hall–Kier alpha value is -1.16. The first-order valence-corrected chi connectivity index (χ1v) is 7.07. The molecule has 88 valence electrons. The van der Waals surface area contributed by atoms with Crippen molar-refractivity contribution < 1.29 is 0 Å². The van der Waals surface area contributed by atoms with Crippen molar-refractivity contribution in [2.24, 2.45) is 0 Å². The van der Waals surface area contributed by atoms with Gasteiger partial charge in [-0.25, -0.2) is 9.97 Å². The molecule has 0 radical (unpaired) electrons. The fourth-order valence-corrected chi connectivity index (χ4v) is 3.97. The maximum atomic E-state index is 6.15. The molecule has 0 aromatic carbocycles. The van der Waals surface area contributed by atoms with E-state index in [0.29, 0.717) is 5.82 Å². The number of hydrogen-bond donors (Lipinski definition) is 1. The van der Waals surface area contributed by atoms with E-state index < -0.39 is 0 Å². The zero-order chi connectivity index (χ0) is 11.6. The lowest BCUT2D eigenvalue weighted by molar-refractivity contribution is 0.718. The van der Waals surface area contributed by atoms with E-state index in [9.17, 15) is 0 Å². The van der Waals surface area contributed by atoms with Gasteiger partial charge >= 0.3 is 0 Å². The Morgan fingerprint density at radius 3 is 2.82 bits per heavy atom. The van der Waals surface area contributed by atoms with Gasteiger partial charge in [0.2, 0.25) is 0 Å². The number of nitrogen functional groups attached to an aromatic ring is 1. The second kappa shape index (κ2) is 2.99. The van der Waals surface area contributed by atoms with Gasteiger partial charge in [0.1, 0.15) is 16.5 Å². The highest BCUT2D eigenvalue weighted by molar-refractivity contribution is 7.19. The predicted octanol–water partition coefficient (Wildman–Crippen LogP) is 2.81. The summed E-state index contributed by atoms with van der Waals surface area (Å²) in [4.78, 5) is 11.9. The first-order valence-electron chi connectivity index (χ1n) is 6.26. The van der Waals surface area contributed by atoms with E-state index in [-0.39, 0.29) is 5.41 Å². The fraction of sp³-hybridized carbons (Fsp3) is 0.538. The van der Waals surface area contributed by atoms with Crippen LogP contribution >= 0.6 is 11.3 Å². The van der Waals surface area contributed by atoms with Crippen LogP contribution in [0.1, 0.15) is 42.5 Å². The van der Waals surface area contributed by atoms with Gasteiger partial charge in [0, 0.05) is 10.3 Å². The third-order valence-corrected chi connectivity index (χ3v) is 5.32. The lowest BCUT2D eigenvalue weighted by Crippen LogP contribution is -2.08. The minimum absolute atomic E-state index is 0.205. The van der Waals surface area contributed by atoms with Gasteiger partial charge in [-0.15, -0.1) is 11.3 Å². The molecule has 2 N–H and O–H groups in total. The molecule has 4 rings (SSSR count). The van der Waals surface area contributed by atoms with Crippen molar-refractivity contribution in [2.45, 2.75) is 44.4 Å². The molecule has 4 heteroatoms. The molecule has 2 aromatic rings. The van der Waals surface area contributed by atoms with Gasteiger partial charge < -0.3 is 5.73 Å². The number of hydrogen-bond acceptors (Lipinski definition) is 4. The monoisotopic (exact) mass is 245 g/mol. The molecule has 0 unspecified atom stereocenters. The van der Waals surface area contributed by atoms with Gasteiger partial charge in [0.15, 0.2) is 0 Å². The SMILES string of the molecule is CC1(c2nc(N)c3c4c(sc3n2)CCC4)CC1. The van der Waals surface area contributed by atoms with Crippen LogP contribution in [0.3, 0.4) is 0 Å². The van der Waals surface area contributed by atoms with Crippen molar-refractivity contribution in [3.8, 4) is 0 Å². The molecule has 3 nitrogen and oxygen atoms in total. The van der Waals surface area contributed by atoms with Gasteiger partial charge in [-0.2, -0.15) is 0 Å². The zero-order valence-electron chi connectivity index (χ0n) is 9.92. The molecule has 17 heavy (non-hydrogen) atoms. The smallest absolute Gasteiger partial charge is 0.138 e. The zero-order valence-corrected chi connectivity index (χ0v) is 10.7. The lowest BCUT2D eigenvalue weighted by atomic mass is 10.1. The Kier molecular flexibility index (Phi) is 1.73. The summed E-state index contributed by atoms with van der Waals surface area (Å²) in [6, 6.07) is 0. The summed E-state index contributed by atoms with van der Waals surface area (Å²) in [5.74, 6) is 1.67. The average Bonchev–Trinajstić information content (AvgIpc) is 2.73. The van der Waals surface area contributed by atoms with E-state index in [1.807, 2.05) is 11.3 Å². The maximum Gasteiger partial charge on any atom is 0.138 e. The topological polar surface area (TPSA) is 51.8 Å². The molecule has 0 saturated heterocycles. The Labute approximate surface area is 104 Å². The molecule has 2 aromatic heterocycles. The van der Waals surface area contributed by atoms with E-state index in [1.54, 1.807) is 0 Å². The highest BCUT2D eigenvalue weighted by Crippen LogP contribution is 2.47. The van der Waals surface area contributed by atoms with Crippen LogP contribution in [0.15, 0.2) is 0 Å². The van der Waals surface area contributed by atoms with Crippen LogP contribution in [0.5, 0.6) is 0 Å². The Morgan fingerprint density at radius 2 is 2.06 bits per heavy atom. The highest BCUT2D eigenvalue weighted by atomic mass is 32.1. The number of fused-ring (bicyclic) bond motifs is 3. The van der Waals surface area contributed by atoms with Crippen LogP contribution in [-0.4, -0.2) is 9.97 Å². The highest BCUT2D eigenvalue weighted by Gasteiger charge is 2.42. The average molecular weight is 245 g/mol. The van der Waals surface area contributed by atoms with Gasteiger partial charge in [-0.05, 0) is 37.7 Å². The summed E-state index contributed by atoms with van der Waals surface area (Å²) in [5, 5.41) is 1.15. The molecular weight excluding hydrogens is 230 g/mol. The molecular formula is C13H15N3S. The molecule has 0 spiro atoms. The summed E-state index contributed by atoms with van der Waals surface area (Å²) in [5.41, 5.74) is 7.79. The molecule has 1 saturated carbocycles. The third kappa shape index (κ3) is 1.27. The summed E-state index contributed by atoms with van der Waals surface area (Å²) < 4.78 is 0. The van der Waals surface area contributed by atoms with Crippen molar-refractivity contribution in [1.29, 1.82) is 0 Å². The number of anilines is 1. The second-order valence-corrected chi connectivity index (χ2v) is 6.61. The minimum atomic E-state index is 0.205. The van der Waals surface area contributed by atoms with Crippen LogP contribution in [0.25, 0.3) is 10.2 Å². The number of aromatic nitrogens is 2. The summed E-state index contributed by atoms with van der Waals surface area (Å²) in [7, 11) is 0. The van der Waals surface area contributed by atoms with Crippen molar-refractivity contribution in [1.82, 2.24) is 9.97 Å². The van der Waals surface area contributed by atoms with Gasteiger partial charge in [-0.3, -0.25) is 0 Å². The van der Waals surface area contributed by atoms with E-state index in [2.05, 4.69) is 11.9 Å². The van der Waals surface area contributed by atoms with Gasteiger partial charge in [0.25, 0.3) is 0 Å². The molecule has 0 atom stereocenters. The normalized spacial score (nSPS) is 20.8. The lowest BCUT2D eigenvalue weighted by Gasteiger charge is -2.08. The quantitative estimate of drug-likeness (QED) is 0.840. The molecule has 1 fully saturated rings. The van der Waals surface area contributed by atoms with Crippen molar-refractivity contribution in [3.63, 3.8) is 0 Å². The van der Waals surface area contributed by atoms with Crippen LogP contribution in [0, 0.1) is 0 Å². The molecule has 0 aliphatic heterocycles. The third-order valence-electron chi connectivity index (χ3n) is 4.13. The number of rotatable bonds is 1. The largest absolute Gasteiger partial charge is 0.383 e. The van der Waals surface area contributed by atoms with E-state index in [1.165, 1.54) is 36.1 Å². The first-order chi connectivity index (χ1) is 8.17. The maximum absolute atomic E-state index is 6.15. The van der Waals surface area contributed by atoms with Crippen molar-refractivity contribution in [3.05, 3.63) is 16.3 Å². The van der Waals surface area contributed by atoms with Gasteiger partial charge in [0.05, 0.1) is 5.39 Å². The second-order valence-electron chi connectivity index (χ2n) is 5.53. The number of thiophene rings is 1. The molecule has 2 aliphatic carbocycles. The van der Waals surface area contributed by atoms with Crippen LogP contribution in [-0.2, 0) is 18.3 Å². The predicted molar refractivity (Wildman–Crippen MR) is 70.4 cm³/mol. The summed E-state index contributed by atoms with van der Waals surface area (Å²) in [6.45, 7) is 2.23. The molecule has 2 aliphatic rings. The molecule has 0 bridgehead atoms. The Bertz CT molecular complexity index is 625. The van der Waals surface area contributed by atoms with Gasteiger partial charge in [-0.1, -0.05) is 6.92 Å². The standard InChI is InChI=1S/C13H15N3S/c1-13(5-6-13)12-15-10(14)9-7-3-2-4-8(7)17-11(9)16-12/h2-6H2,1H3,(H2,14,15,16). The van der Waals surface area contributed by atoms with E-state index in [4.69, 9.17) is 10.7 Å². The Morgan fingerprint density at radius 1 is 1.24 bits per heavy atom. The molecule has 2 heterocycles. The minimum Gasteiger partial charge on any atom is -0.383 e. The number of nitrogens with zero attached hydrogens (tertiary/aromatic N) is 2.